The number of hydrogen-bond donors (Lipinski definition) is 1. The smallest absolute Gasteiger partial charge is 0.422 e. The zero-order valence-corrected chi connectivity index (χ0v) is 17.9. The lowest BCUT2D eigenvalue weighted by atomic mass is 10.1. The van der Waals surface area contributed by atoms with Crippen molar-refractivity contribution in [2.45, 2.75) is 23.9 Å². The van der Waals surface area contributed by atoms with Gasteiger partial charge in [0.25, 0.3) is 0 Å². The molecule has 1 saturated heterocycles. The third kappa shape index (κ3) is 6.68. The molecule has 0 atom stereocenters. The van der Waals surface area contributed by atoms with E-state index in [4.69, 9.17) is 9.47 Å². The number of alkyl halides is 3. The van der Waals surface area contributed by atoms with Gasteiger partial charge in [-0.3, -0.25) is 4.79 Å². The fourth-order valence-corrected chi connectivity index (χ4v) is 4.50. The lowest BCUT2D eigenvalue weighted by molar-refractivity contribution is -0.153. The number of sulfonamides is 1. The normalized spacial score (nSPS) is 15.3. The van der Waals surface area contributed by atoms with Gasteiger partial charge in [-0.2, -0.15) is 17.5 Å². The van der Waals surface area contributed by atoms with E-state index >= 15 is 0 Å². The SMILES string of the molecule is O=C(CCc1ccc(S(=O)(=O)N2CCOCC2)cc1)Nc1ccccc1OCC(F)(F)F. The molecule has 1 aliphatic rings. The van der Waals surface area contributed by atoms with E-state index in [1.54, 1.807) is 18.2 Å². The highest BCUT2D eigenvalue weighted by Gasteiger charge is 2.29. The van der Waals surface area contributed by atoms with Crippen molar-refractivity contribution in [3.8, 4) is 5.75 Å². The van der Waals surface area contributed by atoms with Gasteiger partial charge in [0.2, 0.25) is 15.9 Å². The first kappa shape index (κ1) is 24.0. The van der Waals surface area contributed by atoms with Crippen LogP contribution in [0.1, 0.15) is 12.0 Å². The molecule has 0 saturated carbocycles. The summed E-state index contributed by atoms with van der Waals surface area (Å²) in [6.07, 6.45) is -4.10. The molecule has 2 aromatic rings. The molecule has 0 radical (unpaired) electrons. The van der Waals surface area contributed by atoms with E-state index in [0.717, 1.165) is 5.56 Å². The molecule has 1 amide bonds. The number of anilines is 1. The number of nitrogens with one attached hydrogen (secondary N) is 1. The summed E-state index contributed by atoms with van der Waals surface area (Å²) in [7, 11) is -3.59. The highest BCUT2D eigenvalue weighted by atomic mass is 32.2. The number of morpholine rings is 1. The van der Waals surface area contributed by atoms with Crippen LogP contribution in [-0.2, 0) is 26.0 Å². The van der Waals surface area contributed by atoms with Gasteiger partial charge < -0.3 is 14.8 Å². The summed E-state index contributed by atoms with van der Waals surface area (Å²) in [5, 5.41) is 2.55. The van der Waals surface area contributed by atoms with Crippen LogP contribution in [0.15, 0.2) is 53.4 Å². The molecule has 1 fully saturated rings. The summed E-state index contributed by atoms with van der Waals surface area (Å²) in [5.74, 6) is -0.478. The Kier molecular flexibility index (Phi) is 7.75. The summed E-state index contributed by atoms with van der Waals surface area (Å²) in [6.45, 7) is -0.135. The van der Waals surface area contributed by atoms with E-state index in [-0.39, 0.29) is 22.8 Å². The molecule has 7 nitrogen and oxygen atoms in total. The van der Waals surface area contributed by atoms with Gasteiger partial charge in [-0.05, 0) is 36.2 Å². The monoisotopic (exact) mass is 472 g/mol. The second-order valence-corrected chi connectivity index (χ2v) is 9.05. The maximum absolute atomic E-state index is 12.6. The first-order chi connectivity index (χ1) is 15.1. The molecule has 0 unspecified atom stereocenters. The minimum Gasteiger partial charge on any atom is -0.482 e. The molecule has 11 heteroatoms. The summed E-state index contributed by atoms with van der Waals surface area (Å²) in [5.41, 5.74) is 0.899. The van der Waals surface area contributed by atoms with Gasteiger partial charge in [0.05, 0.1) is 23.8 Å². The molecule has 0 spiro atoms. The van der Waals surface area contributed by atoms with Crippen molar-refractivity contribution < 1.29 is 35.9 Å². The van der Waals surface area contributed by atoms with E-state index in [0.29, 0.717) is 32.7 Å². The lowest BCUT2D eigenvalue weighted by Gasteiger charge is -2.26. The molecule has 0 bridgehead atoms. The Bertz CT molecular complexity index is 1020. The first-order valence-corrected chi connectivity index (χ1v) is 11.3. The average Bonchev–Trinajstić information content (AvgIpc) is 2.77. The number of amides is 1. The Morgan fingerprint density at radius 3 is 2.38 bits per heavy atom. The van der Waals surface area contributed by atoms with Gasteiger partial charge in [-0.25, -0.2) is 8.42 Å². The second kappa shape index (κ2) is 10.3. The number of benzene rings is 2. The predicted octanol–water partition coefficient (Wildman–Crippen LogP) is 3.22. The lowest BCUT2D eigenvalue weighted by Crippen LogP contribution is -2.40. The minimum atomic E-state index is -4.49. The standard InChI is InChI=1S/C21H23F3N2O5S/c22-21(23,24)15-31-19-4-2-1-3-18(19)25-20(27)10-7-16-5-8-17(9-6-16)32(28,29)26-11-13-30-14-12-26/h1-6,8-9H,7,10-15H2,(H,25,27). The maximum Gasteiger partial charge on any atom is 0.422 e. The van der Waals surface area contributed by atoms with Crippen molar-refractivity contribution in [1.82, 2.24) is 4.31 Å². The van der Waals surface area contributed by atoms with Crippen LogP contribution >= 0.6 is 0 Å². The number of nitrogens with zero attached hydrogens (tertiary/aromatic N) is 1. The van der Waals surface area contributed by atoms with Crippen LogP contribution in [0.4, 0.5) is 18.9 Å². The van der Waals surface area contributed by atoms with Crippen LogP contribution in [0.2, 0.25) is 0 Å². The highest BCUT2D eigenvalue weighted by Crippen LogP contribution is 2.26. The van der Waals surface area contributed by atoms with Crippen molar-refractivity contribution in [2.24, 2.45) is 0 Å². The molecule has 1 N–H and O–H groups in total. The van der Waals surface area contributed by atoms with Gasteiger partial charge >= 0.3 is 6.18 Å². The van der Waals surface area contributed by atoms with Crippen LogP contribution in [0.25, 0.3) is 0 Å². The van der Waals surface area contributed by atoms with Crippen LogP contribution in [-0.4, -0.2) is 57.7 Å². The van der Waals surface area contributed by atoms with E-state index in [2.05, 4.69) is 5.32 Å². The van der Waals surface area contributed by atoms with E-state index in [1.165, 1.54) is 34.6 Å². The molecule has 0 aliphatic carbocycles. The van der Waals surface area contributed by atoms with Gasteiger partial charge in [0.15, 0.2) is 6.61 Å². The van der Waals surface area contributed by atoms with Crippen molar-refractivity contribution in [3.05, 3.63) is 54.1 Å². The fraction of sp³-hybridized carbons (Fsp3) is 0.381. The minimum absolute atomic E-state index is 0.0587. The van der Waals surface area contributed by atoms with Gasteiger partial charge in [-0.1, -0.05) is 24.3 Å². The van der Waals surface area contributed by atoms with Crippen molar-refractivity contribution in [1.29, 1.82) is 0 Å². The molecule has 3 rings (SSSR count). The van der Waals surface area contributed by atoms with Crippen LogP contribution in [0, 0.1) is 0 Å². The highest BCUT2D eigenvalue weighted by molar-refractivity contribution is 7.89. The second-order valence-electron chi connectivity index (χ2n) is 7.11. The number of hydrogen-bond acceptors (Lipinski definition) is 5. The molecule has 1 aliphatic heterocycles. The molecule has 174 valence electrons. The number of halogens is 3. The maximum atomic E-state index is 12.6. The Labute approximate surface area is 184 Å². The summed E-state index contributed by atoms with van der Waals surface area (Å²) >= 11 is 0. The molecule has 0 aromatic heterocycles. The van der Waals surface area contributed by atoms with Crippen molar-refractivity contribution in [3.63, 3.8) is 0 Å². The molecular weight excluding hydrogens is 449 g/mol. The number of rotatable bonds is 8. The third-order valence-corrected chi connectivity index (χ3v) is 6.64. The molecular formula is C21H23F3N2O5S. The molecule has 2 aromatic carbocycles. The number of aryl methyl sites for hydroxylation is 1. The zero-order valence-electron chi connectivity index (χ0n) is 17.1. The first-order valence-electron chi connectivity index (χ1n) is 9.90. The van der Waals surface area contributed by atoms with Crippen LogP contribution in [0.5, 0.6) is 5.75 Å². The third-order valence-electron chi connectivity index (χ3n) is 4.72. The van der Waals surface area contributed by atoms with E-state index < -0.39 is 28.7 Å². The van der Waals surface area contributed by atoms with Gasteiger partial charge in [0.1, 0.15) is 5.75 Å². The topological polar surface area (TPSA) is 84.9 Å². The van der Waals surface area contributed by atoms with Crippen molar-refractivity contribution >= 4 is 21.6 Å². The van der Waals surface area contributed by atoms with E-state index in [9.17, 15) is 26.4 Å². The van der Waals surface area contributed by atoms with Crippen LogP contribution in [0.3, 0.4) is 0 Å². The van der Waals surface area contributed by atoms with Gasteiger partial charge in [-0.15, -0.1) is 0 Å². The number of carbonyl (C=O) groups is 1. The largest absolute Gasteiger partial charge is 0.482 e. The molecule has 32 heavy (non-hydrogen) atoms. The number of ether oxygens (including phenoxy) is 2. The quantitative estimate of drug-likeness (QED) is 0.638. The number of carbonyl (C=O) groups excluding carboxylic acids is 1. The predicted molar refractivity (Wildman–Crippen MR) is 111 cm³/mol. The number of para-hydroxylation sites is 2. The Hall–Kier alpha value is -2.63. The van der Waals surface area contributed by atoms with Crippen molar-refractivity contribution in [2.75, 3.05) is 38.2 Å². The molecule has 1 heterocycles. The van der Waals surface area contributed by atoms with Gasteiger partial charge in [0, 0.05) is 19.5 Å². The Morgan fingerprint density at radius 2 is 1.72 bits per heavy atom. The Morgan fingerprint density at radius 1 is 1.06 bits per heavy atom. The zero-order chi connectivity index (χ0) is 23.2. The van der Waals surface area contributed by atoms with E-state index in [1.807, 2.05) is 0 Å². The summed E-state index contributed by atoms with van der Waals surface area (Å²) < 4.78 is 73.8. The average molecular weight is 472 g/mol. The Balaban J connectivity index is 1.55. The fourth-order valence-electron chi connectivity index (χ4n) is 3.09. The summed E-state index contributed by atoms with van der Waals surface area (Å²) in [6, 6.07) is 12.2. The van der Waals surface area contributed by atoms with Crippen LogP contribution < -0.4 is 10.1 Å². The summed E-state index contributed by atoms with van der Waals surface area (Å²) in [4.78, 5) is 12.4.